The van der Waals surface area contributed by atoms with E-state index in [1.54, 1.807) is 0 Å². The number of hydrazine groups is 1. The molecule has 0 unspecified atom stereocenters. The maximum atomic E-state index is 5.66. The molecular formula is C15H13N5O. The second-order valence-electron chi connectivity index (χ2n) is 4.12. The Morgan fingerprint density at radius 2 is 1.43 bits per heavy atom. The van der Waals surface area contributed by atoms with Crippen LogP contribution in [0.5, 0.6) is 6.01 Å². The Morgan fingerprint density at radius 3 is 2.10 bits per heavy atom. The fourth-order valence-electron chi connectivity index (χ4n) is 1.69. The van der Waals surface area contributed by atoms with Crippen molar-refractivity contribution in [2.75, 3.05) is 10.6 Å². The number of para-hydroxylation sites is 2. The van der Waals surface area contributed by atoms with Crippen molar-refractivity contribution in [3.63, 3.8) is 0 Å². The second kappa shape index (κ2) is 6.33. The highest BCUT2D eigenvalue weighted by Crippen LogP contribution is 2.17. The van der Waals surface area contributed by atoms with E-state index in [1.807, 2.05) is 60.7 Å². The average Bonchev–Trinajstić information content (AvgIpc) is 2.57. The molecule has 0 saturated carbocycles. The molecule has 0 aliphatic heterocycles. The molecule has 6 heteroatoms. The largest absolute Gasteiger partial charge is 0.348 e. The van der Waals surface area contributed by atoms with Crippen LogP contribution in [0.1, 0.15) is 0 Å². The lowest BCUT2D eigenvalue weighted by atomic mass is 10.3. The molecule has 0 aliphatic carbocycles. The first-order valence-electron chi connectivity index (χ1n) is 6.39. The number of hydrogen-bond acceptors (Lipinski definition) is 6. The van der Waals surface area contributed by atoms with Crippen molar-refractivity contribution >= 4 is 11.4 Å². The number of benzene rings is 2. The lowest BCUT2D eigenvalue weighted by Crippen LogP contribution is -2.34. The van der Waals surface area contributed by atoms with E-state index >= 15 is 0 Å². The fraction of sp³-hybridized carbons (Fsp3) is 0. The molecule has 0 saturated heterocycles. The molecule has 0 amide bonds. The van der Waals surface area contributed by atoms with Gasteiger partial charge in [0.25, 0.3) is 0 Å². The summed E-state index contributed by atoms with van der Waals surface area (Å²) in [6.45, 7) is 0. The van der Waals surface area contributed by atoms with Crippen LogP contribution in [0.25, 0.3) is 0 Å². The van der Waals surface area contributed by atoms with Gasteiger partial charge in [-0.3, -0.25) is 5.43 Å². The second-order valence-corrected chi connectivity index (χ2v) is 4.12. The van der Waals surface area contributed by atoms with Crippen LogP contribution in [0, 0.1) is 0 Å². The smallest absolute Gasteiger partial charge is 0.317 e. The van der Waals surface area contributed by atoms with Gasteiger partial charge in [0.1, 0.15) is 12.7 Å². The van der Waals surface area contributed by atoms with Crippen LogP contribution in [0.4, 0.5) is 11.4 Å². The molecule has 1 N–H and O–H groups in total. The van der Waals surface area contributed by atoms with E-state index in [-0.39, 0.29) is 6.01 Å². The van der Waals surface area contributed by atoms with Gasteiger partial charge in [0, 0.05) is 0 Å². The summed E-state index contributed by atoms with van der Waals surface area (Å²) in [6.07, 6.45) is 2.77. The van der Waals surface area contributed by atoms with Crippen molar-refractivity contribution < 1.29 is 4.84 Å². The maximum absolute atomic E-state index is 5.66. The van der Waals surface area contributed by atoms with Crippen molar-refractivity contribution in [2.45, 2.75) is 0 Å². The summed E-state index contributed by atoms with van der Waals surface area (Å²) < 4.78 is 0. The number of aromatic nitrogens is 3. The molecular weight excluding hydrogens is 266 g/mol. The van der Waals surface area contributed by atoms with Crippen LogP contribution < -0.4 is 15.4 Å². The minimum Gasteiger partial charge on any atom is -0.317 e. The van der Waals surface area contributed by atoms with Gasteiger partial charge in [-0.25, -0.2) is 4.98 Å². The Balaban J connectivity index is 1.84. The zero-order valence-electron chi connectivity index (χ0n) is 11.1. The molecule has 21 heavy (non-hydrogen) atoms. The van der Waals surface area contributed by atoms with E-state index in [1.165, 1.54) is 17.8 Å². The van der Waals surface area contributed by atoms with Gasteiger partial charge in [-0.1, -0.05) is 36.4 Å². The van der Waals surface area contributed by atoms with Crippen LogP contribution in [0.15, 0.2) is 73.3 Å². The summed E-state index contributed by atoms with van der Waals surface area (Å²) in [6, 6.07) is 19.5. The van der Waals surface area contributed by atoms with Crippen molar-refractivity contribution in [1.82, 2.24) is 15.0 Å². The molecule has 0 fully saturated rings. The van der Waals surface area contributed by atoms with Gasteiger partial charge in [-0.15, -0.1) is 5.17 Å². The normalized spacial score (nSPS) is 9.90. The fourth-order valence-corrected chi connectivity index (χ4v) is 1.69. The molecule has 0 bridgehead atoms. The monoisotopic (exact) mass is 279 g/mol. The van der Waals surface area contributed by atoms with Crippen molar-refractivity contribution in [3.8, 4) is 6.01 Å². The Labute approximate surface area is 122 Å². The standard InChI is InChI=1S/C15H13N5O/c1-3-7-13(8-4-1)19-20(14-9-5-2-6-10-14)21-15-17-11-16-12-18-15/h1-12,19H. The number of rotatable bonds is 5. The summed E-state index contributed by atoms with van der Waals surface area (Å²) >= 11 is 0. The van der Waals surface area contributed by atoms with E-state index < -0.39 is 0 Å². The van der Waals surface area contributed by atoms with E-state index in [4.69, 9.17) is 4.84 Å². The molecule has 0 spiro atoms. The van der Waals surface area contributed by atoms with Crippen LogP contribution in [-0.2, 0) is 0 Å². The van der Waals surface area contributed by atoms with Crippen LogP contribution in [-0.4, -0.2) is 15.0 Å². The zero-order valence-corrected chi connectivity index (χ0v) is 11.1. The molecule has 104 valence electrons. The topological polar surface area (TPSA) is 63.2 Å². The lowest BCUT2D eigenvalue weighted by Gasteiger charge is -2.23. The molecule has 1 aromatic heterocycles. The predicted molar refractivity (Wildman–Crippen MR) is 79.4 cm³/mol. The van der Waals surface area contributed by atoms with Crippen LogP contribution in [0.2, 0.25) is 0 Å². The predicted octanol–water partition coefficient (Wildman–Crippen LogP) is 2.70. The molecule has 0 atom stereocenters. The third-order valence-corrected chi connectivity index (χ3v) is 2.64. The lowest BCUT2D eigenvalue weighted by molar-refractivity contribution is 0.276. The number of nitrogens with one attached hydrogen (secondary N) is 1. The third-order valence-electron chi connectivity index (χ3n) is 2.64. The van der Waals surface area contributed by atoms with E-state index in [0.29, 0.717) is 0 Å². The highest BCUT2D eigenvalue weighted by molar-refractivity contribution is 5.53. The minimum atomic E-state index is 0.206. The Morgan fingerprint density at radius 1 is 0.810 bits per heavy atom. The van der Waals surface area contributed by atoms with Gasteiger partial charge in [-0.05, 0) is 24.3 Å². The van der Waals surface area contributed by atoms with Gasteiger partial charge in [0.05, 0.1) is 11.4 Å². The van der Waals surface area contributed by atoms with Crippen LogP contribution in [0.3, 0.4) is 0 Å². The Hall–Kier alpha value is -3.15. The molecule has 0 radical (unpaired) electrons. The van der Waals surface area contributed by atoms with Crippen molar-refractivity contribution in [2.24, 2.45) is 0 Å². The molecule has 2 aromatic carbocycles. The first-order valence-corrected chi connectivity index (χ1v) is 6.39. The highest BCUT2D eigenvalue weighted by Gasteiger charge is 2.10. The van der Waals surface area contributed by atoms with Crippen LogP contribution >= 0.6 is 0 Å². The molecule has 1 heterocycles. The van der Waals surface area contributed by atoms with E-state index in [9.17, 15) is 0 Å². The van der Waals surface area contributed by atoms with Gasteiger partial charge in [-0.2, -0.15) is 9.97 Å². The number of anilines is 2. The van der Waals surface area contributed by atoms with Gasteiger partial charge in [0.2, 0.25) is 0 Å². The Kier molecular flexibility index (Phi) is 3.88. The zero-order chi connectivity index (χ0) is 14.3. The number of nitrogens with zero attached hydrogens (tertiary/aromatic N) is 4. The average molecular weight is 279 g/mol. The van der Waals surface area contributed by atoms with E-state index in [0.717, 1.165) is 11.4 Å². The molecule has 3 rings (SSSR count). The summed E-state index contributed by atoms with van der Waals surface area (Å²) in [5.74, 6) is 0. The summed E-state index contributed by atoms with van der Waals surface area (Å²) in [7, 11) is 0. The number of hydrogen-bond donors (Lipinski definition) is 1. The van der Waals surface area contributed by atoms with E-state index in [2.05, 4.69) is 20.4 Å². The van der Waals surface area contributed by atoms with Gasteiger partial charge < -0.3 is 4.84 Å². The molecule has 6 nitrogen and oxygen atoms in total. The SMILES string of the molecule is c1ccc(NN(Oc2ncncn2)c2ccccc2)cc1. The first-order chi connectivity index (χ1) is 10.4. The first kappa shape index (κ1) is 12.9. The van der Waals surface area contributed by atoms with Gasteiger partial charge in [0.15, 0.2) is 0 Å². The molecule has 3 aromatic rings. The summed E-state index contributed by atoms with van der Waals surface area (Å²) in [5, 5.41) is 1.50. The highest BCUT2D eigenvalue weighted by atomic mass is 16.7. The van der Waals surface area contributed by atoms with Crippen molar-refractivity contribution in [3.05, 3.63) is 73.3 Å². The minimum absolute atomic E-state index is 0.206. The quantitative estimate of drug-likeness (QED) is 0.724. The maximum Gasteiger partial charge on any atom is 0.348 e. The van der Waals surface area contributed by atoms with Gasteiger partial charge >= 0.3 is 6.01 Å². The Bertz CT molecular complexity index is 622. The third kappa shape index (κ3) is 3.44. The molecule has 0 aliphatic rings. The summed E-state index contributed by atoms with van der Waals surface area (Å²) in [5.41, 5.74) is 4.86. The summed E-state index contributed by atoms with van der Waals surface area (Å²) in [4.78, 5) is 17.4. The van der Waals surface area contributed by atoms with Crippen molar-refractivity contribution in [1.29, 1.82) is 0 Å².